The summed E-state index contributed by atoms with van der Waals surface area (Å²) in [6, 6.07) is 10.7. The van der Waals surface area contributed by atoms with Crippen LogP contribution < -0.4 is 5.32 Å². The van der Waals surface area contributed by atoms with Gasteiger partial charge in [-0.1, -0.05) is 29.8 Å². The SMILES string of the molecule is O=C(Nc1ccc(CO)cc1)c1cccc(F)c1Cl. The minimum Gasteiger partial charge on any atom is -0.392 e. The highest BCUT2D eigenvalue weighted by Gasteiger charge is 2.13. The zero-order valence-corrected chi connectivity index (χ0v) is 10.6. The van der Waals surface area contributed by atoms with E-state index in [1.54, 1.807) is 24.3 Å². The Morgan fingerprint density at radius 3 is 2.53 bits per heavy atom. The fraction of sp³-hybridized carbons (Fsp3) is 0.0714. The van der Waals surface area contributed by atoms with Crippen molar-refractivity contribution in [3.05, 3.63) is 64.4 Å². The molecular formula is C14H11ClFNO2. The van der Waals surface area contributed by atoms with Crippen molar-refractivity contribution in [3.63, 3.8) is 0 Å². The van der Waals surface area contributed by atoms with Crippen LogP contribution in [-0.4, -0.2) is 11.0 Å². The molecule has 19 heavy (non-hydrogen) atoms. The Hall–Kier alpha value is -1.91. The van der Waals surface area contributed by atoms with Gasteiger partial charge in [0.2, 0.25) is 0 Å². The van der Waals surface area contributed by atoms with Crippen molar-refractivity contribution >= 4 is 23.2 Å². The lowest BCUT2D eigenvalue weighted by molar-refractivity contribution is 0.102. The first kappa shape index (κ1) is 13.5. The summed E-state index contributed by atoms with van der Waals surface area (Å²) in [4.78, 5) is 11.9. The number of hydrogen-bond acceptors (Lipinski definition) is 2. The molecule has 0 saturated heterocycles. The number of hydrogen-bond donors (Lipinski definition) is 2. The molecule has 3 nitrogen and oxygen atoms in total. The lowest BCUT2D eigenvalue weighted by Gasteiger charge is -2.07. The van der Waals surface area contributed by atoms with E-state index >= 15 is 0 Å². The molecule has 0 aliphatic carbocycles. The van der Waals surface area contributed by atoms with Crippen molar-refractivity contribution in [1.29, 1.82) is 0 Å². The van der Waals surface area contributed by atoms with Gasteiger partial charge in [0, 0.05) is 5.69 Å². The molecule has 0 radical (unpaired) electrons. The molecule has 0 fully saturated rings. The van der Waals surface area contributed by atoms with Gasteiger partial charge in [-0.2, -0.15) is 0 Å². The fourth-order valence-electron chi connectivity index (χ4n) is 1.57. The lowest BCUT2D eigenvalue weighted by atomic mass is 10.2. The van der Waals surface area contributed by atoms with Crippen LogP contribution >= 0.6 is 11.6 Å². The van der Waals surface area contributed by atoms with Gasteiger partial charge < -0.3 is 10.4 Å². The number of carbonyl (C=O) groups is 1. The van der Waals surface area contributed by atoms with E-state index in [2.05, 4.69) is 5.32 Å². The third-order valence-electron chi connectivity index (χ3n) is 2.59. The average molecular weight is 280 g/mol. The number of aliphatic hydroxyl groups is 1. The molecular weight excluding hydrogens is 269 g/mol. The Morgan fingerprint density at radius 2 is 1.89 bits per heavy atom. The molecule has 1 amide bonds. The van der Waals surface area contributed by atoms with E-state index in [0.29, 0.717) is 5.69 Å². The van der Waals surface area contributed by atoms with Gasteiger partial charge in [0.05, 0.1) is 17.2 Å². The number of carbonyl (C=O) groups excluding carboxylic acids is 1. The Balaban J connectivity index is 2.18. The van der Waals surface area contributed by atoms with Gasteiger partial charge >= 0.3 is 0 Å². The summed E-state index contributed by atoms with van der Waals surface area (Å²) in [6.45, 7) is -0.0655. The van der Waals surface area contributed by atoms with Crippen LogP contribution in [-0.2, 0) is 6.61 Å². The molecule has 0 aliphatic heterocycles. The third kappa shape index (κ3) is 3.10. The largest absolute Gasteiger partial charge is 0.392 e. The first-order valence-corrected chi connectivity index (χ1v) is 5.95. The molecule has 2 aromatic carbocycles. The number of nitrogens with one attached hydrogen (secondary N) is 1. The van der Waals surface area contributed by atoms with Crippen LogP contribution in [0.2, 0.25) is 5.02 Å². The molecule has 0 atom stereocenters. The lowest BCUT2D eigenvalue weighted by Crippen LogP contribution is -2.12. The maximum Gasteiger partial charge on any atom is 0.257 e. The molecule has 0 heterocycles. The van der Waals surface area contributed by atoms with Gasteiger partial charge in [0.15, 0.2) is 0 Å². The number of amides is 1. The Labute approximate surface area is 114 Å². The van der Waals surface area contributed by atoms with E-state index in [1.165, 1.54) is 18.2 Å². The Bertz CT molecular complexity index is 599. The highest BCUT2D eigenvalue weighted by atomic mass is 35.5. The average Bonchev–Trinajstić information content (AvgIpc) is 2.42. The van der Waals surface area contributed by atoms with Gasteiger partial charge in [-0.25, -0.2) is 4.39 Å². The number of aliphatic hydroxyl groups excluding tert-OH is 1. The molecule has 0 aliphatic rings. The molecule has 2 rings (SSSR count). The van der Waals surface area contributed by atoms with Crippen molar-refractivity contribution in [1.82, 2.24) is 0 Å². The fourth-order valence-corrected chi connectivity index (χ4v) is 1.78. The second-order valence-corrected chi connectivity index (χ2v) is 4.29. The van der Waals surface area contributed by atoms with E-state index in [4.69, 9.17) is 16.7 Å². The van der Waals surface area contributed by atoms with E-state index < -0.39 is 11.7 Å². The normalized spacial score (nSPS) is 10.3. The zero-order chi connectivity index (χ0) is 13.8. The zero-order valence-electron chi connectivity index (χ0n) is 9.86. The van der Waals surface area contributed by atoms with Crippen molar-refractivity contribution < 1.29 is 14.3 Å². The van der Waals surface area contributed by atoms with E-state index in [-0.39, 0.29) is 17.2 Å². The summed E-state index contributed by atoms with van der Waals surface area (Å²) in [5, 5.41) is 11.3. The molecule has 2 N–H and O–H groups in total. The highest BCUT2D eigenvalue weighted by Crippen LogP contribution is 2.21. The van der Waals surface area contributed by atoms with Crippen molar-refractivity contribution in [2.45, 2.75) is 6.61 Å². The Morgan fingerprint density at radius 1 is 1.21 bits per heavy atom. The second kappa shape index (κ2) is 5.82. The first-order chi connectivity index (χ1) is 9.11. The Kier molecular flexibility index (Phi) is 4.14. The molecule has 0 aromatic heterocycles. The topological polar surface area (TPSA) is 49.3 Å². The third-order valence-corrected chi connectivity index (χ3v) is 2.97. The number of anilines is 1. The van der Waals surface area contributed by atoms with Crippen molar-refractivity contribution in [3.8, 4) is 0 Å². The molecule has 5 heteroatoms. The summed E-state index contributed by atoms with van der Waals surface area (Å²) in [6.07, 6.45) is 0. The van der Waals surface area contributed by atoms with Gasteiger partial charge in [0.1, 0.15) is 5.82 Å². The van der Waals surface area contributed by atoms with Gasteiger partial charge in [-0.3, -0.25) is 4.79 Å². The highest BCUT2D eigenvalue weighted by molar-refractivity contribution is 6.34. The van der Waals surface area contributed by atoms with Gasteiger partial charge in [-0.15, -0.1) is 0 Å². The van der Waals surface area contributed by atoms with Gasteiger partial charge in [0.25, 0.3) is 5.91 Å². The van der Waals surface area contributed by atoms with Crippen molar-refractivity contribution in [2.75, 3.05) is 5.32 Å². The smallest absolute Gasteiger partial charge is 0.257 e. The van der Waals surface area contributed by atoms with Gasteiger partial charge in [-0.05, 0) is 29.8 Å². The van der Waals surface area contributed by atoms with Crippen LogP contribution in [0.5, 0.6) is 0 Å². The molecule has 0 saturated carbocycles. The van der Waals surface area contributed by atoms with E-state index in [0.717, 1.165) is 5.56 Å². The summed E-state index contributed by atoms with van der Waals surface area (Å²) < 4.78 is 13.2. The second-order valence-electron chi connectivity index (χ2n) is 3.91. The quantitative estimate of drug-likeness (QED) is 0.906. The van der Waals surface area contributed by atoms with Crippen molar-refractivity contribution in [2.24, 2.45) is 0 Å². The van der Waals surface area contributed by atoms with Crippen LogP contribution in [0.25, 0.3) is 0 Å². The van der Waals surface area contributed by atoms with Crippen LogP contribution in [0.3, 0.4) is 0 Å². The predicted octanol–water partition coefficient (Wildman–Crippen LogP) is 3.22. The standard InChI is InChI=1S/C14H11ClFNO2/c15-13-11(2-1-3-12(13)16)14(19)17-10-6-4-9(8-18)5-7-10/h1-7,18H,8H2,(H,17,19). The van der Waals surface area contributed by atoms with Crippen LogP contribution in [0.15, 0.2) is 42.5 Å². The summed E-state index contributed by atoms with van der Waals surface area (Å²) in [5.74, 6) is -1.12. The predicted molar refractivity (Wildman–Crippen MR) is 71.7 cm³/mol. The van der Waals surface area contributed by atoms with E-state index in [1.807, 2.05) is 0 Å². The summed E-state index contributed by atoms with van der Waals surface area (Å²) in [7, 11) is 0. The number of rotatable bonds is 3. The molecule has 0 bridgehead atoms. The molecule has 0 spiro atoms. The molecule has 2 aromatic rings. The van der Waals surface area contributed by atoms with Crippen LogP contribution in [0, 0.1) is 5.82 Å². The molecule has 0 unspecified atom stereocenters. The monoisotopic (exact) mass is 279 g/mol. The van der Waals surface area contributed by atoms with E-state index in [9.17, 15) is 9.18 Å². The maximum absolute atomic E-state index is 13.2. The number of halogens is 2. The summed E-state index contributed by atoms with van der Waals surface area (Å²) in [5.41, 5.74) is 1.36. The molecule has 98 valence electrons. The van der Waals surface area contributed by atoms with Crippen LogP contribution in [0.4, 0.5) is 10.1 Å². The summed E-state index contributed by atoms with van der Waals surface area (Å²) >= 11 is 5.73. The first-order valence-electron chi connectivity index (χ1n) is 5.57. The minimum absolute atomic E-state index is 0.0655. The number of benzene rings is 2. The minimum atomic E-state index is -0.634. The maximum atomic E-state index is 13.2. The van der Waals surface area contributed by atoms with Crippen LogP contribution in [0.1, 0.15) is 15.9 Å².